The zero-order valence-electron chi connectivity index (χ0n) is 11.3. The standard InChI is InChI=1S/C14H21N3/c1-13(2,3)10-14(4,5)17-12-9-16-7-6-11(12)8-15/h6-7,9,17H,10H2,1-5H3. The van der Waals surface area contributed by atoms with Crippen molar-refractivity contribution in [3.63, 3.8) is 0 Å². The Hall–Kier alpha value is -1.56. The molecule has 17 heavy (non-hydrogen) atoms. The minimum Gasteiger partial charge on any atom is -0.378 e. The number of hydrogen-bond donors (Lipinski definition) is 1. The van der Waals surface area contributed by atoms with Crippen LogP contribution in [0.25, 0.3) is 0 Å². The Morgan fingerprint density at radius 3 is 2.47 bits per heavy atom. The largest absolute Gasteiger partial charge is 0.378 e. The Balaban J connectivity index is 2.87. The van der Waals surface area contributed by atoms with Gasteiger partial charge in [-0.25, -0.2) is 0 Å². The zero-order valence-corrected chi connectivity index (χ0v) is 11.3. The van der Waals surface area contributed by atoms with Crippen LogP contribution in [0.15, 0.2) is 18.5 Å². The van der Waals surface area contributed by atoms with Crippen LogP contribution in [0.3, 0.4) is 0 Å². The van der Waals surface area contributed by atoms with E-state index < -0.39 is 0 Å². The fourth-order valence-electron chi connectivity index (χ4n) is 2.33. The van der Waals surface area contributed by atoms with Crippen molar-refractivity contribution in [2.24, 2.45) is 5.41 Å². The highest BCUT2D eigenvalue weighted by Gasteiger charge is 2.25. The number of nitrogens with zero attached hydrogens (tertiary/aromatic N) is 2. The molecule has 0 aromatic carbocycles. The van der Waals surface area contributed by atoms with Gasteiger partial charge in [0.15, 0.2) is 0 Å². The molecule has 0 spiro atoms. The van der Waals surface area contributed by atoms with Gasteiger partial charge in [-0.2, -0.15) is 5.26 Å². The van der Waals surface area contributed by atoms with Crippen LogP contribution in [0.4, 0.5) is 5.69 Å². The number of rotatable bonds is 3. The van der Waals surface area contributed by atoms with E-state index in [1.54, 1.807) is 18.5 Å². The maximum absolute atomic E-state index is 9.03. The van der Waals surface area contributed by atoms with Crippen LogP contribution in [-0.2, 0) is 0 Å². The van der Waals surface area contributed by atoms with E-state index in [9.17, 15) is 0 Å². The van der Waals surface area contributed by atoms with Gasteiger partial charge < -0.3 is 5.32 Å². The molecule has 0 aliphatic heterocycles. The first-order valence-electron chi connectivity index (χ1n) is 5.86. The second kappa shape index (κ2) is 4.75. The monoisotopic (exact) mass is 231 g/mol. The number of aromatic nitrogens is 1. The highest BCUT2D eigenvalue weighted by molar-refractivity contribution is 5.56. The zero-order chi connectivity index (χ0) is 13.1. The fraction of sp³-hybridized carbons (Fsp3) is 0.571. The van der Waals surface area contributed by atoms with Gasteiger partial charge >= 0.3 is 0 Å². The Labute approximate surface area is 104 Å². The average Bonchev–Trinajstić information content (AvgIpc) is 2.14. The van der Waals surface area contributed by atoms with E-state index in [2.05, 4.69) is 51.0 Å². The maximum Gasteiger partial charge on any atom is 0.101 e. The lowest BCUT2D eigenvalue weighted by Crippen LogP contribution is -2.35. The number of pyridine rings is 1. The molecule has 0 saturated carbocycles. The smallest absolute Gasteiger partial charge is 0.101 e. The van der Waals surface area contributed by atoms with Crippen LogP contribution in [-0.4, -0.2) is 10.5 Å². The second-order valence-corrected chi connectivity index (χ2v) is 6.28. The van der Waals surface area contributed by atoms with Crippen LogP contribution in [0, 0.1) is 16.7 Å². The first kappa shape index (κ1) is 13.5. The summed E-state index contributed by atoms with van der Waals surface area (Å²) in [5.74, 6) is 0. The molecule has 3 nitrogen and oxygen atoms in total. The van der Waals surface area contributed by atoms with Crippen molar-refractivity contribution in [2.75, 3.05) is 5.32 Å². The summed E-state index contributed by atoms with van der Waals surface area (Å²) in [5.41, 5.74) is 1.63. The molecule has 1 rings (SSSR count). The molecule has 3 heteroatoms. The summed E-state index contributed by atoms with van der Waals surface area (Å²) in [5, 5.41) is 12.4. The van der Waals surface area contributed by atoms with Crippen molar-refractivity contribution in [1.29, 1.82) is 5.26 Å². The van der Waals surface area contributed by atoms with Crippen molar-refractivity contribution in [1.82, 2.24) is 4.98 Å². The predicted molar refractivity (Wildman–Crippen MR) is 70.7 cm³/mol. The molecular weight excluding hydrogens is 210 g/mol. The third kappa shape index (κ3) is 4.44. The molecule has 0 atom stereocenters. The molecule has 0 unspecified atom stereocenters. The highest BCUT2D eigenvalue weighted by atomic mass is 15.0. The predicted octanol–water partition coefficient (Wildman–Crippen LogP) is 3.58. The van der Waals surface area contributed by atoms with Crippen LogP contribution < -0.4 is 5.32 Å². The van der Waals surface area contributed by atoms with E-state index in [-0.39, 0.29) is 11.0 Å². The van der Waals surface area contributed by atoms with Gasteiger partial charge in [0.2, 0.25) is 0 Å². The van der Waals surface area contributed by atoms with Gasteiger partial charge in [-0.15, -0.1) is 0 Å². The summed E-state index contributed by atoms with van der Waals surface area (Å²) in [7, 11) is 0. The summed E-state index contributed by atoms with van der Waals surface area (Å²) in [4.78, 5) is 4.06. The molecule has 1 N–H and O–H groups in total. The molecule has 0 amide bonds. The number of hydrogen-bond acceptors (Lipinski definition) is 3. The molecule has 0 bridgehead atoms. The molecule has 0 aliphatic carbocycles. The van der Waals surface area contributed by atoms with Gasteiger partial charge in [0.25, 0.3) is 0 Å². The molecule has 0 saturated heterocycles. The van der Waals surface area contributed by atoms with Gasteiger partial charge in [0, 0.05) is 11.7 Å². The van der Waals surface area contributed by atoms with E-state index >= 15 is 0 Å². The summed E-state index contributed by atoms with van der Waals surface area (Å²) < 4.78 is 0. The Bertz CT molecular complexity index is 422. The van der Waals surface area contributed by atoms with Crippen LogP contribution in [0.5, 0.6) is 0 Å². The molecule has 92 valence electrons. The molecular formula is C14H21N3. The van der Waals surface area contributed by atoms with Crippen LogP contribution >= 0.6 is 0 Å². The summed E-state index contributed by atoms with van der Waals surface area (Å²) in [6.45, 7) is 10.9. The number of nitriles is 1. The first-order chi connectivity index (χ1) is 7.73. The van der Waals surface area contributed by atoms with Gasteiger partial charge in [-0.05, 0) is 31.7 Å². The highest BCUT2D eigenvalue weighted by Crippen LogP contribution is 2.30. The fourth-order valence-corrected chi connectivity index (χ4v) is 2.33. The summed E-state index contributed by atoms with van der Waals surface area (Å²) >= 11 is 0. The molecule has 0 radical (unpaired) electrons. The van der Waals surface area contributed by atoms with Crippen LogP contribution in [0.1, 0.15) is 46.6 Å². The topological polar surface area (TPSA) is 48.7 Å². The third-order valence-electron chi connectivity index (χ3n) is 2.39. The van der Waals surface area contributed by atoms with Gasteiger partial charge in [0.1, 0.15) is 6.07 Å². The van der Waals surface area contributed by atoms with Crippen molar-refractivity contribution < 1.29 is 0 Å². The lowest BCUT2D eigenvalue weighted by molar-refractivity contribution is 0.302. The van der Waals surface area contributed by atoms with Crippen molar-refractivity contribution >= 4 is 5.69 Å². The third-order valence-corrected chi connectivity index (χ3v) is 2.39. The molecule has 0 fully saturated rings. The Morgan fingerprint density at radius 1 is 1.29 bits per heavy atom. The van der Waals surface area contributed by atoms with Crippen molar-refractivity contribution in [2.45, 2.75) is 46.6 Å². The molecule has 1 heterocycles. The van der Waals surface area contributed by atoms with Gasteiger partial charge in [0.05, 0.1) is 17.4 Å². The first-order valence-corrected chi connectivity index (χ1v) is 5.86. The van der Waals surface area contributed by atoms with Gasteiger partial charge in [-0.1, -0.05) is 20.8 Å². The summed E-state index contributed by atoms with van der Waals surface area (Å²) in [6, 6.07) is 3.91. The molecule has 1 aromatic heterocycles. The minimum atomic E-state index is -0.0626. The molecule has 1 aromatic rings. The van der Waals surface area contributed by atoms with E-state index in [0.717, 1.165) is 12.1 Å². The van der Waals surface area contributed by atoms with E-state index in [0.29, 0.717) is 5.56 Å². The number of anilines is 1. The number of nitrogens with one attached hydrogen (secondary N) is 1. The van der Waals surface area contributed by atoms with E-state index in [1.807, 2.05) is 0 Å². The quantitative estimate of drug-likeness (QED) is 0.865. The molecule has 0 aliphatic rings. The summed E-state index contributed by atoms with van der Waals surface area (Å²) in [6.07, 6.45) is 4.36. The maximum atomic E-state index is 9.03. The Morgan fingerprint density at radius 2 is 1.94 bits per heavy atom. The minimum absolute atomic E-state index is 0.0626. The Kier molecular flexibility index (Phi) is 3.77. The van der Waals surface area contributed by atoms with Crippen molar-refractivity contribution in [3.8, 4) is 6.07 Å². The lowest BCUT2D eigenvalue weighted by atomic mass is 9.81. The van der Waals surface area contributed by atoms with Gasteiger partial charge in [-0.3, -0.25) is 4.98 Å². The van der Waals surface area contributed by atoms with E-state index in [1.165, 1.54) is 0 Å². The normalized spacial score (nSPS) is 12.0. The second-order valence-electron chi connectivity index (χ2n) is 6.28. The average molecular weight is 231 g/mol. The SMILES string of the molecule is CC(C)(C)CC(C)(C)Nc1cnccc1C#N. The van der Waals surface area contributed by atoms with Crippen LogP contribution in [0.2, 0.25) is 0 Å². The lowest BCUT2D eigenvalue weighted by Gasteiger charge is -2.34. The van der Waals surface area contributed by atoms with Crippen molar-refractivity contribution in [3.05, 3.63) is 24.0 Å². The van der Waals surface area contributed by atoms with E-state index in [4.69, 9.17) is 5.26 Å².